The molecule has 0 aromatic rings. The summed E-state index contributed by atoms with van der Waals surface area (Å²) in [6, 6.07) is 2.37. The van der Waals surface area contributed by atoms with Crippen molar-refractivity contribution in [3.05, 3.63) is 35.8 Å². The zero-order chi connectivity index (χ0) is 21.8. The lowest BCUT2D eigenvalue weighted by Gasteiger charge is -2.49. The Labute approximate surface area is 178 Å². The minimum Gasteiger partial charge on any atom is -0.503 e. The monoisotopic (exact) mass is 412 g/mol. The van der Waals surface area contributed by atoms with E-state index in [4.69, 9.17) is 0 Å². The van der Waals surface area contributed by atoms with Crippen molar-refractivity contribution < 1.29 is 14.7 Å². The van der Waals surface area contributed by atoms with Gasteiger partial charge < -0.3 is 19.8 Å². The lowest BCUT2D eigenvalue weighted by molar-refractivity contribution is -0.134. The molecular weight excluding hydrogens is 380 g/mol. The lowest BCUT2D eigenvalue weighted by atomic mass is 9.76. The summed E-state index contributed by atoms with van der Waals surface area (Å²) in [5.41, 5.74) is 1.15. The zero-order valence-electron chi connectivity index (χ0n) is 18.0. The molecule has 30 heavy (non-hydrogen) atoms. The van der Waals surface area contributed by atoms with E-state index >= 15 is 0 Å². The molecular formula is C23H32N4O3. The third kappa shape index (κ3) is 4.23. The van der Waals surface area contributed by atoms with E-state index in [1.807, 2.05) is 4.90 Å². The summed E-state index contributed by atoms with van der Waals surface area (Å²) < 4.78 is 0. The van der Waals surface area contributed by atoms with Crippen LogP contribution in [0, 0.1) is 23.2 Å². The molecule has 1 N–H and O–H groups in total. The van der Waals surface area contributed by atoms with E-state index in [2.05, 4.69) is 31.4 Å². The van der Waals surface area contributed by atoms with Crippen LogP contribution in [0.2, 0.25) is 0 Å². The fraction of sp³-hybridized carbons (Fsp3) is 0.609. The van der Waals surface area contributed by atoms with Gasteiger partial charge >= 0.3 is 0 Å². The van der Waals surface area contributed by atoms with Gasteiger partial charge in [-0.25, -0.2) is 0 Å². The van der Waals surface area contributed by atoms with Gasteiger partial charge in [-0.05, 0) is 24.8 Å². The molecule has 0 aromatic carbocycles. The fourth-order valence-electron chi connectivity index (χ4n) is 5.00. The molecule has 1 saturated heterocycles. The molecule has 1 saturated carbocycles. The maximum absolute atomic E-state index is 13.2. The Balaban J connectivity index is 1.84. The number of carbonyl (C=O) groups excluding carboxylic acids is 2. The summed E-state index contributed by atoms with van der Waals surface area (Å²) in [5, 5.41) is 19.7. The molecule has 2 fully saturated rings. The summed E-state index contributed by atoms with van der Waals surface area (Å²) >= 11 is 0. The Kier molecular flexibility index (Phi) is 6.86. The van der Waals surface area contributed by atoms with Crippen LogP contribution in [0.5, 0.6) is 0 Å². The van der Waals surface area contributed by atoms with Crippen molar-refractivity contribution in [1.29, 1.82) is 5.26 Å². The van der Waals surface area contributed by atoms with Gasteiger partial charge in [0, 0.05) is 50.4 Å². The summed E-state index contributed by atoms with van der Waals surface area (Å²) in [6.45, 7) is 10.4. The van der Waals surface area contributed by atoms with Crippen molar-refractivity contribution in [2.45, 2.75) is 45.6 Å². The molecule has 0 bridgehead atoms. The van der Waals surface area contributed by atoms with Crippen molar-refractivity contribution in [3.8, 4) is 6.07 Å². The Morgan fingerprint density at radius 2 is 1.93 bits per heavy atom. The average Bonchev–Trinajstić information content (AvgIpc) is 2.75. The molecule has 0 radical (unpaired) electrons. The van der Waals surface area contributed by atoms with Crippen molar-refractivity contribution >= 4 is 11.8 Å². The van der Waals surface area contributed by atoms with Crippen molar-refractivity contribution in [2.75, 3.05) is 32.7 Å². The maximum atomic E-state index is 13.2. The number of carbonyl (C=O) groups is 2. The Hall–Kier alpha value is -2.75. The van der Waals surface area contributed by atoms with Gasteiger partial charge in [0.2, 0.25) is 0 Å². The normalized spacial score (nSPS) is 25.3. The summed E-state index contributed by atoms with van der Waals surface area (Å²) in [6.07, 6.45) is 6.84. The topological polar surface area (TPSA) is 87.9 Å². The van der Waals surface area contributed by atoms with Crippen molar-refractivity contribution in [1.82, 2.24) is 14.7 Å². The first-order valence-corrected chi connectivity index (χ1v) is 10.9. The third-order valence-electron chi connectivity index (χ3n) is 6.29. The largest absolute Gasteiger partial charge is 0.503 e. The SMILES string of the molecule is C=C/C=C(\O)C(=O)N1CCN(C2=C(C#N)C(=O)N(CC(C)C)C3CCCCC23)CC1. The Bertz CT molecular complexity index is 800. The highest BCUT2D eigenvalue weighted by Crippen LogP contribution is 2.41. The predicted octanol–water partition coefficient (Wildman–Crippen LogP) is 2.59. The molecule has 3 aliphatic rings. The van der Waals surface area contributed by atoms with Crippen LogP contribution in [0.25, 0.3) is 0 Å². The first-order valence-electron chi connectivity index (χ1n) is 10.9. The van der Waals surface area contributed by atoms with Crippen molar-refractivity contribution in [2.24, 2.45) is 11.8 Å². The van der Waals surface area contributed by atoms with E-state index in [1.165, 1.54) is 12.2 Å². The molecule has 2 amide bonds. The number of hydrogen-bond acceptors (Lipinski definition) is 5. The number of allylic oxidation sites excluding steroid dienone is 2. The minimum absolute atomic E-state index is 0.144. The molecule has 162 valence electrons. The van der Waals surface area contributed by atoms with E-state index < -0.39 is 5.91 Å². The van der Waals surface area contributed by atoms with Gasteiger partial charge in [0.1, 0.15) is 11.6 Å². The van der Waals surface area contributed by atoms with Crippen LogP contribution < -0.4 is 0 Å². The fourth-order valence-corrected chi connectivity index (χ4v) is 5.00. The second-order valence-electron chi connectivity index (χ2n) is 8.75. The van der Waals surface area contributed by atoms with E-state index in [0.717, 1.165) is 31.4 Å². The Morgan fingerprint density at radius 1 is 1.27 bits per heavy atom. The molecule has 7 nitrogen and oxygen atoms in total. The molecule has 2 unspecified atom stereocenters. The second-order valence-corrected chi connectivity index (χ2v) is 8.75. The highest BCUT2D eigenvalue weighted by Gasteiger charge is 2.45. The second kappa shape index (κ2) is 9.38. The van der Waals surface area contributed by atoms with Gasteiger partial charge in [-0.2, -0.15) is 5.26 Å². The van der Waals surface area contributed by atoms with Crippen LogP contribution in [-0.4, -0.2) is 70.4 Å². The van der Waals surface area contributed by atoms with Crippen LogP contribution in [-0.2, 0) is 9.59 Å². The average molecular weight is 413 g/mol. The van der Waals surface area contributed by atoms with Gasteiger partial charge in [-0.1, -0.05) is 39.3 Å². The molecule has 3 rings (SSSR count). The first-order chi connectivity index (χ1) is 14.4. The summed E-state index contributed by atoms with van der Waals surface area (Å²) in [7, 11) is 0. The van der Waals surface area contributed by atoms with Gasteiger partial charge in [-0.3, -0.25) is 9.59 Å². The number of aliphatic hydroxyl groups excluding tert-OH is 1. The summed E-state index contributed by atoms with van der Waals surface area (Å²) in [4.78, 5) is 31.2. The zero-order valence-corrected chi connectivity index (χ0v) is 18.0. The molecule has 2 atom stereocenters. The van der Waals surface area contributed by atoms with Crippen LogP contribution in [0.3, 0.4) is 0 Å². The highest BCUT2D eigenvalue weighted by atomic mass is 16.3. The maximum Gasteiger partial charge on any atom is 0.288 e. The van der Waals surface area contributed by atoms with Gasteiger partial charge in [0.25, 0.3) is 11.8 Å². The van der Waals surface area contributed by atoms with Gasteiger partial charge in [0.05, 0.1) is 0 Å². The number of hydrogen-bond donors (Lipinski definition) is 1. The first kappa shape index (κ1) is 21.9. The molecule has 7 heteroatoms. The predicted molar refractivity (Wildman–Crippen MR) is 114 cm³/mol. The van der Waals surface area contributed by atoms with E-state index in [1.54, 1.807) is 4.90 Å². The molecule has 0 spiro atoms. The minimum atomic E-state index is -0.414. The number of amides is 2. The molecule has 2 aliphatic heterocycles. The van der Waals surface area contributed by atoms with E-state index in [9.17, 15) is 20.0 Å². The number of aliphatic hydroxyl groups is 1. The van der Waals surface area contributed by atoms with Crippen LogP contribution in [0.1, 0.15) is 39.5 Å². The molecule has 0 aromatic heterocycles. The molecule has 1 aliphatic carbocycles. The quantitative estimate of drug-likeness (QED) is 0.426. The smallest absolute Gasteiger partial charge is 0.288 e. The number of nitriles is 1. The van der Waals surface area contributed by atoms with Crippen LogP contribution in [0.4, 0.5) is 0 Å². The standard InChI is InChI=1S/C23H32N4O3/c1-4-7-20(28)23(30)26-12-10-25(11-13-26)21-17-8-5-6-9-19(17)27(15-16(2)3)22(29)18(21)14-24/h4,7,16-17,19,28H,1,5-6,8-13,15H2,2-3H3/b20-7-. The number of nitrogens with zero attached hydrogens (tertiary/aromatic N) is 4. The van der Waals surface area contributed by atoms with E-state index in [-0.39, 0.29) is 29.2 Å². The number of piperazine rings is 1. The highest BCUT2D eigenvalue weighted by molar-refractivity contribution is 5.99. The summed E-state index contributed by atoms with van der Waals surface area (Å²) in [5.74, 6) is -0.346. The van der Waals surface area contributed by atoms with Crippen LogP contribution >= 0.6 is 0 Å². The van der Waals surface area contributed by atoms with E-state index in [0.29, 0.717) is 38.6 Å². The molecule has 2 heterocycles. The van der Waals surface area contributed by atoms with Crippen LogP contribution in [0.15, 0.2) is 35.8 Å². The van der Waals surface area contributed by atoms with Gasteiger partial charge in [0.15, 0.2) is 5.76 Å². The lowest BCUT2D eigenvalue weighted by Crippen LogP contribution is -2.57. The van der Waals surface area contributed by atoms with Gasteiger partial charge in [-0.15, -0.1) is 0 Å². The van der Waals surface area contributed by atoms with Crippen molar-refractivity contribution in [3.63, 3.8) is 0 Å². The number of fused-ring (bicyclic) bond motifs is 1. The third-order valence-corrected chi connectivity index (χ3v) is 6.29. The number of rotatable bonds is 5. The Morgan fingerprint density at radius 3 is 2.53 bits per heavy atom.